The van der Waals surface area contributed by atoms with Gasteiger partial charge >= 0.3 is 0 Å². The first-order valence-corrected chi connectivity index (χ1v) is 9.95. The van der Waals surface area contributed by atoms with Gasteiger partial charge in [0.2, 0.25) is 5.91 Å². The molecule has 1 fully saturated rings. The van der Waals surface area contributed by atoms with E-state index in [9.17, 15) is 4.79 Å². The molecule has 1 heterocycles. The van der Waals surface area contributed by atoms with Gasteiger partial charge < -0.3 is 5.32 Å². The molecule has 2 aromatic carbocycles. The van der Waals surface area contributed by atoms with Crippen LogP contribution in [0.5, 0.6) is 0 Å². The molecule has 1 aliphatic rings. The Bertz CT molecular complexity index is 696. The van der Waals surface area contributed by atoms with Crippen molar-refractivity contribution in [3.63, 3.8) is 0 Å². The van der Waals surface area contributed by atoms with E-state index in [0.29, 0.717) is 6.54 Å². The SMILES string of the molecule is CN(C)C(C(=O)NCC(c1ccccc1)N1CCCCC1)c1ccccc1. The third-order valence-electron chi connectivity index (χ3n) is 5.37. The van der Waals surface area contributed by atoms with Crippen molar-refractivity contribution in [3.05, 3.63) is 71.8 Å². The standard InChI is InChI=1S/C23H31N3O/c1-25(2)22(20-14-8-4-9-15-20)23(27)24-18-21(19-12-6-3-7-13-19)26-16-10-5-11-17-26/h3-4,6-9,12-15,21-22H,5,10-11,16-18H2,1-2H3,(H,24,27). The summed E-state index contributed by atoms with van der Waals surface area (Å²) in [5.74, 6) is 0.0594. The lowest BCUT2D eigenvalue weighted by Gasteiger charge is -2.35. The normalized spacial score (nSPS) is 17.4. The van der Waals surface area contributed by atoms with Crippen molar-refractivity contribution in [2.24, 2.45) is 0 Å². The Labute approximate surface area is 163 Å². The molecule has 144 valence electrons. The summed E-state index contributed by atoms with van der Waals surface area (Å²) in [6.07, 6.45) is 3.78. The predicted octanol–water partition coefficient (Wildman–Crippen LogP) is 3.63. The summed E-state index contributed by atoms with van der Waals surface area (Å²) in [5, 5.41) is 3.24. The van der Waals surface area contributed by atoms with E-state index in [2.05, 4.69) is 34.5 Å². The molecule has 0 aliphatic carbocycles. The average Bonchev–Trinajstić information content (AvgIpc) is 2.70. The number of likely N-dealkylation sites (N-methyl/N-ethyl adjacent to an activating group) is 1. The lowest BCUT2D eigenvalue weighted by Crippen LogP contribution is -2.43. The summed E-state index contributed by atoms with van der Waals surface area (Å²) < 4.78 is 0. The minimum atomic E-state index is -0.274. The first-order valence-electron chi connectivity index (χ1n) is 9.95. The lowest BCUT2D eigenvalue weighted by atomic mass is 10.0. The van der Waals surface area contributed by atoms with Gasteiger partial charge in [0, 0.05) is 6.54 Å². The van der Waals surface area contributed by atoms with Crippen molar-refractivity contribution >= 4 is 5.91 Å². The number of benzene rings is 2. The Balaban J connectivity index is 1.72. The summed E-state index contributed by atoms with van der Waals surface area (Å²) in [5.41, 5.74) is 2.30. The smallest absolute Gasteiger partial charge is 0.242 e. The molecule has 4 heteroatoms. The molecule has 1 amide bonds. The highest BCUT2D eigenvalue weighted by atomic mass is 16.2. The average molecular weight is 366 g/mol. The number of piperidine rings is 1. The summed E-state index contributed by atoms with van der Waals surface area (Å²) in [7, 11) is 3.91. The van der Waals surface area contributed by atoms with E-state index in [1.165, 1.54) is 24.8 Å². The number of hydrogen-bond donors (Lipinski definition) is 1. The number of nitrogens with one attached hydrogen (secondary N) is 1. The van der Waals surface area contributed by atoms with Gasteiger partial charge in [0.1, 0.15) is 6.04 Å². The van der Waals surface area contributed by atoms with Crippen molar-refractivity contribution in [1.29, 1.82) is 0 Å². The number of carbonyl (C=O) groups is 1. The van der Waals surface area contributed by atoms with Crippen LogP contribution < -0.4 is 5.32 Å². The Morgan fingerprint density at radius 3 is 2.04 bits per heavy atom. The monoisotopic (exact) mass is 365 g/mol. The van der Waals surface area contributed by atoms with Gasteiger partial charge in [0.15, 0.2) is 0 Å². The quantitative estimate of drug-likeness (QED) is 0.814. The minimum Gasteiger partial charge on any atom is -0.353 e. The highest BCUT2D eigenvalue weighted by molar-refractivity contribution is 5.83. The number of likely N-dealkylation sites (tertiary alicyclic amines) is 1. The second kappa shape index (κ2) is 9.67. The molecular weight excluding hydrogens is 334 g/mol. The molecule has 0 spiro atoms. The Morgan fingerprint density at radius 1 is 0.926 bits per heavy atom. The fraction of sp³-hybridized carbons (Fsp3) is 0.435. The third kappa shape index (κ3) is 5.18. The molecule has 2 atom stereocenters. The zero-order chi connectivity index (χ0) is 19.1. The minimum absolute atomic E-state index is 0.0594. The van der Waals surface area contributed by atoms with Crippen LogP contribution in [0.3, 0.4) is 0 Å². The predicted molar refractivity (Wildman–Crippen MR) is 110 cm³/mol. The van der Waals surface area contributed by atoms with E-state index >= 15 is 0 Å². The summed E-state index contributed by atoms with van der Waals surface area (Å²) in [4.78, 5) is 17.5. The van der Waals surface area contributed by atoms with Gasteiger partial charge in [-0.05, 0) is 51.2 Å². The van der Waals surface area contributed by atoms with E-state index in [0.717, 1.165) is 18.7 Å². The van der Waals surface area contributed by atoms with Crippen molar-refractivity contribution < 1.29 is 4.79 Å². The lowest BCUT2D eigenvalue weighted by molar-refractivity contribution is -0.126. The van der Waals surface area contributed by atoms with Crippen LogP contribution in [0.1, 0.15) is 42.5 Å². The molecule has 2 unspecified atom stereocenters. The fourth-order valence-corrected chi connectivity index (χ4v) is 3.98. The zero-order valence-electron chi connectivity index (χ0n) is 16.5. The van der Waals surface area contributed by atoms with E-state index in [-0.39, 0.29) is 18.0 Å². The molecule has 27 heavy (non-hydrogen) atoms. The van der Waals surface area contributed by atoms with E-state index in [1.807, 2.05) is 55.4 Å². The molecular formula is C23H31N3O. The summed E-state index contributed by atoms with van der Waals surface area (Å²) >= 11 is 0. The van der Waals surface area contributed by atoms with Gasteiger partial charge in [-0.2, -0.15) is 0 Å². The largest absolute Gasteiger partial charge is 0.353 e. The Kier molecular flexibility index (Phi) is 7.02. The van der Waals surface area contributed by atoms with Crippen LogP contribution in [0.2, 0.25) is 0 Å². The van der Waals surface area contributed by atoms with Crippen molar-refractivity contribution in [3.8, 4) is 0 Å². The maximum Gasteiger partial charge on any atom is 0.242 e. The van der Waals surface area contributed by atoms with Crippen LogP contribution in [0.4, 0.5) is 0 Å². The Morgan fingerprint density at radius 2 is 1.48 bits per heavy atom. The van der Waals surface area contributed by atoms with Crippen molar-refractivity contribution in [2.75, 3.05) is 33.7 Å². The number of nitrogens with zero attached hydrogens (tertiary/aromatic N) is 2. The topological polar surface area (TPSA) is 35.6 Å². The second-order valence-corrected chi connectivity index (χ2v) is 7.55. The fourth-order valence-electron chi connectivity index (χ4n) is 3.98. The van der Waals surface area contributed by atoms with Gasteiger partial charge in [-0.25, -0.2) is 0 Å². The molecule has 4 nitrogen and oxygen atoms in total. The zero-order valence-corrected chi connectivity index (χ0v) is 16.5. The van der Waals surface area contributed by atoms with Crippen LogP contribution in [0, 0.1) is 0 Å². The summed E-state index contributed by atoms with van der Waals surface area (Å²) in [6, 6.07) is 20.5. The van der Waals surface area contributed by atoms with Gasteiger partial charge in [0.05, 0.1) is 6.04 Å². The molecule has 1 aliphatic heterocycles. The third-order valence-corrected chi connectivity index (χ3v) is 5.37. The molecule has 2 aromatic rings. The van der Waals surface area contributed by atoms with Crippen LogP contribution in [0.25, 0.3) is 0 Å². The van der Waals surface area contributed by atoms with E-state index in [1.54, 1.807) is 0 Å². The molecule has 0 bridgehead atoms. The highest BCUT2D eigenvalue weighted by Crippen LogP contribution is 2.25. The first kappa shape index (κ1) is 19.6. The maximum absolute atomic E-state index is 13.0. The molecule has 1 saturated heterocycles. The van der Waals surface area contributed by atoms with Crippen LogP contribution in [0.15, 0.2) is 60.7 Å². The Hall–Kier alpha value is -2.17. The number of carbonyl (C=O) groups excluding carboxylic acids is 1. The summed E-state index contributed by atoms with van der Waals surface area (Å²) in [6.45, 7) is 2.84. The first-order chi connectivity index (χ1) is 13.2. The maximum atomic E-state index is 13.0. The van der Waals surface area contributed by atoms with E-state index < -0.39 is 0 Å². The van der Waals surface area contributed by atoms with Gasteiger partial charge in [-0.3, -0.25) is 14.6 Å². The molecule has 1 N–H and O–H groups in total. The van der Waals surface area contributed by atoms with Gasteiger partial charge in [0.25, 0.3) is 0 Å². The number of rotatable bonds is 7. The highest BCUT2D eigenvalue weighted by Gasteiger charge is 2.26. The number of amides is 1. The second-order valence-electron chi connectivity index (χ2n) is 7.55. The van der Waals surface area contributed by atoms with Crippen molar-refractivity contribution in [2.45, 2.75) is 31.3 Å². The van der Waals surface area contributed by atoms with Gasteiger partial charge in [-0.15, -0.1) is 0 Å². The molecule has 3 rings (SSSR count). The molecule has 0 radical (unpaired) electrons. The van der Waals surface area contributed by atoms with Gasteiger partial charge in [-0.1, -0.05) is 67.1 Å². The van der Waals surface area contributed by atoms with E-state index in [4.69, 9.17) is 0 Å². The molecule has 0 aromatic heterocycles. The van der Waals surface area contributed by atoms with Crippen LogP contribution in [-0.2, 0) is 4.79 Å². The van der Waals surface area contributed by atoms with Crippen LogP contribution in [-0.4, -0.2) is 49.4 Å². The van der Waals surface area contributed by atoms with Crippen molar-refractivity contribution in [1.82, 2.24) is 15.1 Å². The van der Waals surface area contributed by atoms with Crippen LogP contribution >= 0.6 is 0 Å². The number of hydrogen-bond acceptors (Lipinski definition) is 3. The molecule has 0 saturated carbocycles.